The number of benzene rings is 1. The zero-order valence-corrected chi connectivity index (χ0v) is 12.9. The summed E-state index contributed by atoms with van der Waals surface area (Å²) < 4.78 is 2.87. The minimum Gasteiger partial charge on any atom is -0.308 e. The lowest BCUT2D eigenvalue weighted by Crippen LogP contribution is -2.21. The van der Waals surface area contributed by atoms with Crippen LogP contribution in [0.15, 0.2) is 28.9 Å². The predicted octanol–water partition coefficient (Wildman–Crippen LogP) is 3.45. The molecule has 1 aromatic heterocycles. The Labute approximate surface area is 120 Å². The van der Waals surface area contributed by atoms with Gasteiger partial charge in [-0.2, -0.15) is 5.10 Å². The van der Waals surface area contributed by atoms with Crippen molar-refractivity contribution in [1.29, 1.82) is 0 Å². The number of nitrogens with zero attached hydrogens (tertiary/aromatic N) is 2. The van der Waals surface area contributed by atoms with Crippen molar-refractivity contribution in [3.05, 3.63) is 50.7 Å². The van der Waals surface area contributed by atoms with Gasteiger partial charge in [-0.1, -0.05) is 17.7 Å². The molecule has 1 heterocycles. The molecular weight excluding hydrogens is 314 g/mol. The monoisotopic (exact) mass is 327 g/mol. The second kappa shape index (κ2) is 5.43. The molecule has 0 bridgehead atoms. The molecule has 1 N–H and O–H groups in total. The van der Waals surface area contributed by atoms with Crippen molar-refractivity contribution in [2.75, 3.05) is 7.05 Å². The first-order valence-corrected chi connectivity index (χ1v) is 6.82. The van der Waals surface area contributed by atoms with Gasteiger partial charge in [0.05, 0.1) is 22.4 Å². The highest BCUT2D eigenvalue weighted by molar-refractivity contribution is 9.10. The van der Waals surface area contributed by atoms with Crippen molar-refractivity contribution in [2.45, 2.75) is 13.0 Å². The van der Waals surface area contributed by atoms with E-state index in [4.69, 9.17) is 11.6 Å². The Balaban J connectivity index is 2.52. The summed E-state index contributed by atoms with van der Waals surface area (Å²) in [6.45, 7) is 2.07. The van der Waals surface area contributed by atoms with E-state index >= 15 is 0 Å². The smallest absolute Gasteiger partial charge is 0.0759 e. The van der Waals surface area contributed by atoms with Gasteiger partial charge >= 0.3 is 0 Å². The maximum Gasteiger partial charge on any atom is 0.0759 e. The Morgan fingerprint density at radius 3 is 2.67 bits per heavy atom. The van der Waals surface area contributed by atoms with Gasteiger partial charge < -0.3 is 5.32 Å². The van der Waals surface area contributed by atoms with E-state index in [1.165, 1.54) is 5.56 Å². The summed E-state index contributed by atoms with van der Waals surface area (Å²) in [5.74, 6) is 0. The number of aromatic nitrogens is 2. The molecule has 0 saturated carbocycles. The maximum atomic E-state index is 6.01. The quantitative estimate of drug-likeness (QED) is 0.935. The molecule has 0 aliphatic heterocycles. The van der Waals surface area contributed by atoms with Crippen LogP contribution in [0.3, 0.4) is 0 Å². The molecule has 0 spiro atoms. The highest BCUT2D eigenvalue weighted by Crippen LogP contribution is 2.30. The number of rotatable bonds is 3. The topological polar surface area (TPSA) is 29.9 Å². The van der Waals surface area contributed by atoms with E-state index in [1.807, 2.05) is 37.1 Å². The Hall–Kier alpha value is -0.840. The van der Waals surface area contributed by atoms with Crippen molar-refractivity contribution in [2.24, 2.45) is 7.05 Å². The fraction of sp³-hybridized carbons (Fsp3) is 0.308. The van der Waals surface area contributed by atoms with E-state index in [1.54, 1.807) is 0 Å². The number of halogens is 2. The Morgan fingerprint density at radius 2 is 2.17 bits per heavy atom. The van der Waals surface area contributed by atoms with Crippen LogP contribution in [0.25, 0.3) is 0 Å². The summed E-state index contributed by atoms with van der Waals surface area (Å²) >= 11 is 9.55. The van der Waals surface area contributed by atoms with Gasteiger partial charge in [-0.05, 0) is 53.2 Å². The zero-order chi connectivity index (χ0) is 13.3. The van der Waals surface area contributed by atoms with Crippen LogP contribution in [0, 0.1) is 6.92 Å². The molecule has 3 nitrogen and oxygen atoms in total. The highest BCUT2D eigenvalue weighted by Gasteiger charge is 2.20. The van der Waals surface area contributed by atoms with Gasteiger partial charge in [0.15, 0.2) is 0 Å². The standard InChI is InChI=1S/C13H15BrClN3/c1-8-6-9(15)4-5-10(8)12(16-2)13-11(14)7-17-18(13)3/h4-7,12,16H,1-3H3. The summed E-state index contributed by atoms with van der Waals surface area (Å²) in [6.07, 6.45) is 1.81. The molecule has 1 unspecified atom stereocenters. The van der Waals surface area contributed by atoms with Crippen LogP contribution in [0.4, 0.5) is 0 Å². The van der Waals surface area contributed by atoms with E-state index in [0.29, 0.717) is 0 Å². The number of hydrogen-bond donors (Lipinski definition) is 1. The minimum absolute atomic E-state index is 0.0872. The zero-order valence-electron chi connectivity index (χ0n) is 10.5. The lowest BCUT2D eigenvalue weighted by Gasteiger charge is -2.20. The van der Waals surface area contributed by atoms with Crippen molar-refractivity contribution in [1.82, 2.24) is 15.1 Å². The van der Waals surface area contributed by atoms with Gasteiger partial charge in [-0.15, -0.1) is 0 Å². The first-order chi connectivity index (χ1) is 8.54. The largest absolute Gasteiger partial charge is 0.308 e. The van der Waals surface area contributed by atoms with E-state index in [-0.39, 0.29) is 6.04 Å². The van der Waals surface area contributed by atoms with E-state index in [9.17, 15) is 0 Å². The Morgan fingerprint density at radius 1 is 1.44 bits per heavy atom. The fourth-order valence-corrected chi connectivity index (χ4v) is 2.95. The molecule has 2 aromatic rings. The van der Waals surface area contributed by atoms with E-state index < -0.39 is 0 Å². The number of hydrogen-bond acceptors (Lipinski definition) is 2. The van der Waals surface area contributed by atoms with Gasteiger partial charge in [0.1, 0.15) is 0 Å². The lowest BCUT2D eigenvalue weighted by molar-refractivity contribution is 0.602. The van der Waals surface area contributed by atoms with Crippen LogP contribution in [-0.4, -0.2) is 16.8 Å². The third kappa shape index (κ3) is 2.46. The molecule has 96 valence electrons. The summed E-state index contributed by atoms with van der Waals surface area (Å²) in [6, 6.07) is 6.03. The number of nitrogens with one attached hydrogen (secondary N) is 1. The van der Waals surface area contributed by atoms with Gasteiger partial charge in [-0.3, -0.25) is 4.68 Å². The molecular formula is C13H15BrClN3. The van der Waals surface area contributed by atoms with Crippen molar-refractivity contribution in [3.8, 4) is 0 Å². The fourth-order valence-electron chi connectivity index (χ4n) is 2.15. The van der Waals surface area contributed by atoms with Crippen LogP contribution < -0.4 is 5.32 Å². The van der Waals surface area contributed by atoms with Crippen LogP contribution in [0.1, 0.15) is 22.9 Å². The van der Waals surface area contributed by atoms with Gasteiger partial charge in [-0.25, -0.2) is 0 Å². The maximum absolute atomic E-state index is 6.01. The minimum atomic E-state index is 0.0872. The molecule has 0 aliphatic carbocycles. The van der Waals surface area contributed by atoms with Crippen molar-refractivity contribution >= 4 is 27.5 Å². The van der Waals surface area contributed by atoms with Crippen molar-refractivity contribution < 1.29 is 0 Å². The molecule has 18 heavy (non-hydrogen) atoms. The Bertz CT molecular complexity index is 546. The van der Waals surface area contributed by atoms with E-state index in [2.05, 4.69) is 39.3 Å². The summed E-state index contributed by atoms with van der Waals surface area (Å²) in [5.41, 5.74) is 3.46. The van der Waals surface area contributed by atoms with Gasteiger partial charge in [0.2, 0.25) is 0 Å². The molecule has 5 heteroatoms. The summed E-state index contributed by atoms with van der Waals surface area (Å²) in [7, 11) is 3.88. The SMILES string of the molecule is CNC(c1ccc(Cl)cc1C)c1c(Br)cnn1C. The Kier molecular flexibility index (Phi) is 4.10. The molecule has 0 amide bonds. The molecule has 0 fully saturated rings. The van der Waals surface area contributed by atoms with E-state index in [0.717, 1.165) is 20.8 Å². The third-order valence-corrected chi connectivity index (χ3v) is 3.89. The average molecular weight is 329 g/mol. The van der Waals surface area contributed by atoms with Crippen LogP contribution in [-0.2, 0) is 7.05 Å². The molecule has 0 saturated heterocycles. The highest BCUT2D eigenvalue weighted by atomic mass is 79.9. The second-order valence-corrected chi connectivity index (χ2v) is 5.51. The lowest BCUT2D eigenvalue weighted by atomic mass is 9.99. The number of aryl methyl sites for hydroxylation is 2. The molecule has 1 atom stereocenters. The third-order valence-electron chi connectivity index (χ3n) is 3.04. The van der Waals surface area contributed by atoms with Crippen LogP contribution >= 0.6 is 27.5 Å². The molecule has 0 aliphatic rings. The molecule has 2 rings (SSSR count). The van der Waals surface area contributed by atoms with Crippen LogP contribution in [0.5, 0.6) is 0 Å². The van der Waals surface area contributed by atoms with Gasteiger partial charge in [0, 0.05) is 12.1 Å². The average Bonchev–Trinajstić information content (AvgIpc) is 2.64. The van der Waals surface area contributed by atoms with Gasteiger partial charge in [0.25, 0.3) is 0 Å². The second-order valence-electron chi connectivity index (χ2n) is 4.22. The summed E-state index contributed by atoms with van der Waals surface area (Å²) in [4.78, 5) is 0. The first kappa shape index (κ1) is 13.6. The predicted molar refractivity (Wildman–Crippen MR) is 78.0 cm³/mol. The summed E-state index contributed by atoms with van der Waals surface area (Å²) in [5, 5.41) is 8.35. The normalized spacial score (nSPS) is 12.7. The van der Waals surface area contributed by atoms with Crippen molar-refractivity contribution in [3.63, 3.8) is 0 Å². The van der Waals surface area contributed by atoms with Crippen LogP contribution in [0.2, 0.25) is 5.02 Å². The first-order valence-electron chi connectivity index (χ1n) is 5.65. The molecule has 0 radical (unpaired) electrons. The molecule has 1 aromatic carbocycles.